The topological polar surface area (TPSA) is 32.3 Å². The summed E-state index contributed by atoms with van der Waals surface area (Å²) in [6.07, 6.45) is 7.87. The van der Waals surface area contributed by atoms with Gasteiger partial charge in [-0.25, -0.2) is 0 Å². The van der Waals surface area contributed by atoms with Crippen molar-refractivity contribution in [1.29, 1.82) is 0 Å². The Morgan fingerprint density at radius 3 is 2.33 bits per heavy atom. The van der Waals surface area contributed by atoms with Crippen LogP contribution in [0.5, 0.6) is 0 Å². The summed E-state index contributed by atoms with van der Waals surface area (Å²) in [4.78, 5) is 15.0. The third-order valence-electron chi connectivity index (χ3n) is 5.27. The highest BCUT2D eigenvalue weighted by Crippen LogP contribution is 2.38. The lowest BCUT2D eigenvalue weighted by atomic mass is 9.75. The Balaban J connectivity index is 2.10. The molecule has 0 spiro atoms. The first-order chi connectivity index (χ1) is 9.82. The third kappa shape index (κ3) is 4.00. The van der Waals surface area contributed by atoms with Gasteiger partial charge >= 0.3 is 0 Å². The van der Waals surface area contributed by atoms with E-state index in [1.54, 1.807) is 0 Å². The molecule has 1 aliphatic heterocycles. The fraction of sp³-hybridized carbons (Fsp3) is 0.944. The van der Waals surface area contributed by atoms with Gasteiger partial charge in [0.15, 0.2) is 0 Å². The molecule has 0 aromatic rings. The Kier molecular flexibility index (Phi) is 5.34. The minimum absolute atomic E-state index is 0.0148. The standard InChI is InChI=1S/C18H34N2O/c1-13(2)11-15-19-16(14(3)4)17(21)20(15)12-18(5)9-7-6-8-10-18/h13-16,19H,6-12H2,1-5H3. The molecule has 3 heteroatoms. The lowest BCUT2D eigenvalue weighted by molar-refractivity contribution is -0.132. The van der Waals surface area contributed by atoms with Gasteiger partial charge in [0.05, 0.1) is 12.2 Å². The summed E-state index contributed by atoms with van der Waals surface area (Å²) < 4.78 is 0. The molecule has 1 N–H and O–H groups in total. The molecule has 1 heterocycles. The van der Waals surface area contributed by atoms with E-state index in [0.717, 1.165) is 13.0 Å². The van der Waals surface area contributed by atoms with E-state index in [-0.39, 0.29) is 12.2 Å². The lowest BCUT2D eigenvalue weighted by Crippen LogP contribution is -2.45. The molecule has 0 radical (unpaired) electrons. The van der Waals surface area contributed by atoms with Crippen LogP contribution in [0.3, 0.4) is 0 Å². The van der Waals surface area contributed by atoms with Crippen LogP contribution in [0.2, 0.25) is 0 Å². The van der Waals surface area contributed by atoms with Crippen molar-refractivity contribution in [1.82, 2.24) is 10.2 Å². The SMILES string of the molecule is CC(C)CC1NC(C(C)C)C(=O)N1CC1(C)CCCCC1. The van der Waals surface area contributed by atoms with Crippen LogP contribution in [0.15, 0.2) is 0 Å². The number of amides is 1. The van der Waals surface area contributed by atoms with Crippen molar-refractivity contribution in [2.24, 2.45) is 17.3 Å². The van der Waals surface area contributed by atoms with Crippen LogP contribution in [0.4, 0.5) is 0 Å². The normalized spacial score (nSPS) is 29.7. The van der Waals surface area contributed by atoms with Crippen molar-refractivity contribution in [2.75, 3.05) is 6.54 Å². The van der Waals surface area contributed by atoms with Gasteiger partial charge < -0.3 is 4.90 Å². The van der Waals surface area contributed by atoms with Crippen LogP contribution in [0.25, 0.3) is 0 Å². The maximum atomic E-state index is 12.8. The number of hydrogen-bond donors (Lipinski definition) is 1. The van der Waals surface area contributed by atoms with Gasteiger partial charge in [-0.1, -0.05) is 53.9 Å². The van der Waals surface area contributed by atoms with E-state index in [1.165, 1.54) is 32.1 Å². The van der Waals surface area contributed by atoms with E-state index in [0.29, 0.717) is 23.2 Å². The zero-order chi connectivity index (χ0) is 15.6. The monoisotopic (exact) mass is 294 g/mol. The number of carbonyl (C=O) groups excluding carboxylic acids is 1. The van der Waals surface area contributed by atoms with Gasteiger partial charge in [-0.05, 0) is 36.5 Å². The quantitative estimate of drug-likeness (QED) is 0.837. The lowest BCUT2D eigenvalue weighted by Gasteiger charge is -2.39. The molecule has 0 aromatic carbocycles. The number of nitrogens with zero attached hydrogens (tertiary/aromatic N) is 1. The second-order valence-electron chi connectivity index (χ2n) is 8.37. The average Bonchev–Trinajstić information content (AvgIpc) is 2.67. The predicted octanol–water partition coefficient (Wildman–Crippen LogP) is 3.79. The Morgan fingerprint density at radius 1 is 1.19 bits per heavy atom. The highest BCUT2D eigenvalue weighted by Gasteiger charge is 2.43. The summed E-state index contributed by atoms with van der Waals surface area (Å²) in [7, 11) is 0. The zero-order valence-electron chi connectivity index (χ0n) is 14.6. The molecule has 122 valence electrons. The average molecular weight is 294 g/mol. The molecule has 2 rings (SSSR count). The summed E-state index contributed by atoms with van der Waals surface area (Å²) in [5, 5.41) is 3.60. The van der Waals surface area contributed by atoms with Crippen LogP contribution < -0.4 is 5.32 Å². The number of hydrogen-bond acceptors (Lipinski definition) is 2. The molecule has 2 fully saturated rings. The van der Waals surface area contributed by atoms with Crippen molar-refractivity contribution < 1.29 is 4.79 Å². The van der Waals surface area contributed by atoms with Gasteiger partial charge in [0, 0.05) is 6.54 Å². The number of rotatable bonds is 5. The second-order valence-corrected chi connectivity index (χ2v) is 8.37. The molecule has 1 saturated heterocycles. The minimum Gasteiger partial charge on any atom is -0.325 e. The smallest absolute Gasteiger partial charge is 0.241 e. The van der Waals surface area contributed by atoms with Crippen molar-refractivity contribution in [3.8, 4) is 0 Å². The van der Waals surface area contributed by atoms with Crippen molar-refractivity contribution in [3.05, 3.63) is 0 Å². The van der Waals surface area contributed by atoms with E-state index in [9.17, 15) is 4.79 Å². The maximum Gasteiger partial charge on any atom is 0.241 e. The first-order valence-corrected chi connectivity index (χ1v) is 8.89. The first-order valence-electron chi connectivity index (χ1n) is 8.89. The third-order valence-corrected chi connectivity index (χ3v) is 5.27. The first kappa shape index (κ1) is 16.8. The summed E-state index contributed by atoms with van der Waals surface area (Å²) in [6.45, 7) is 12.1. The molecule has 2 atom stereocenters. The van der Waals surface area contributed by atoms with Gasteiger partial charge in [-0.3, -0.25) is 10.1 Å². The molecule has 1 amide bonds. The van der Waals surface area contributed by atoms with E-state index in [4.69, 9.17) is 0 Å². The van der Waals surface area contributed by atoms with Crippen LogP contribution in [0.1, 0.15) is 73.1 Å². The van der Waals surface area contributed by atoms with Crippen LogP contribution in [-0.2, 0) is 4.79 Å². The van der Waals surface area contributed by atoms with Gasteiger partial charge in [0.25, 0.3) is 0 Å². The number of nitrogens with one attached hydrogen (secondary N) is 1. The molecule has 0 bridgehead atoms. The summed E-state index contributed by atoms with van der Waals surface area (Å²) >= 11 is 0. The van der Waals surface area contributed by atoms with Crippen molar-refractivity contribution >= 4 is 5.91 Å². The highest BCUT2D eigenvalue weighted by atomic mass is 16.2. The summed E-state index contributed by atoms with van der Waals surface area (Å²) in [5.74, 6) is 1.32. The van der Waals surface area contributed by atoms with E-state index >= 15 is 0 Å². The molecule has 2 aliphatic rings. The Hall–Kier alpha value is -0.570. The molecule has 2 unspecified atom stereocenters. The Bertz CT molecular complexity index is 358. The van der Waals surface area contributed by atoms with Gasteiger partial charge in [0.1, 0.15) is 0 Å². The summed E-state index contributed by atoms with van der Waals surface area (Å²) in [5.41, 5.74) is 0.330. The van der Waals surface area contributed by atoms with Gasteiger partial charge in [-0.2, -0.15) is 0 Å². The fourth-order valence-electron chi connectivity index (χ4n) is 3.98. The Morgan fingerprint density at radius 2 is 1.81 bits per heavy atom. The summed E-state index contributed by atoms with van der Waals surface area (Å²) in [6, 6.07) is 0.0148. The molecular formula is C18H34N2O. The van der Waals surface area contributed by atoms with Crippen molar-refractivity contribution in [2.45, 2.75) is 85.4 Å². The van der Waals surface area contributed by atoms with Crippen LogP contribution in [-0.4, -0.2) is 29.6 Å². The molecule has 3 nitrogen and oxygen atoms in total. The van der Waals surface area contributed by atoms with E-state index in [1.807, 2.05) is 0 Å². The predicted molar refractivity (Wildman–Crippen MR) is 87.9 cm³/mol. The molecule has 21 heavy (non-hydrogen) atoms. The highest BCUT2D eigenvalue weighted by molar-refractivity contribution is 5.84. The molecule has 1 aliphatic carbocycles. The van der Waals surface area contributed by atoms with Gasteiger partial charge in [0.2, 0.25) is 5.91 Å². The van der Waals surface area contributed by atoms with Crippen LogP contribution >= 0.6 is 0 Å². The van der Waals surface area contributed by atoms with E-state index in [2.05, 4.69) is 44.8 Å². The molecule has 0 aromatic heterocycles. The largest absolute Gasteiger partial charge is 0.325 e. The molecule has 1 saturated carbocycles. The van der Waals surface area contributed by atoms with Crippen LogP contribution in [0, 0.1) is 17.3 Å². The zero-order valence-corrected chi connectivity index (χ0v) is 14.6. The van der Waals surface area contributed by atoms with E-state index < -0.39 is 0 Å². The van der Waals surface area contributed by atoms with Crippen molar-refractivity contribution in [3.63, 3.8) is 0 Å². The second kappa shape index (κ2) is 6.68. The number of carbonyl (C=O) groups is 1. The maximum absolute atomic E-state index is 12.8. The Labute approximate surface area is 130 Å². The molecular weight excluding hydrogens is 260 g/mol. The fourth-order valence-corrected chi connectivity index (χ4v) is 3.98. The van der Waals surface area contributed by atoms with Gasteiger partial charge in [-0.15, -0.1) is 0 Å². The minimum atomic E-state index is 0.0148.